The number of para-hydroxylation sites is 1. The minimum atomic E-state index is -0.514. The molecular weight excluding hydrogens is 252 g/mol. The molecule has 20 heavy (non-hydrogen) atoms. The summed E-state index contributed by atoms with van der Waals surface area (Å²) in [6.07, 6.45) is 2.40. The van der Waals surface area contributed by atoms with Crippen molar-refractivity contribution in [1.29, 1.82) is 0 Å². The molecule has 0 saturated carbocycles. The number of carbonyl (C=O) groups excluding carboxylic acids is 1. The zero-order valence-electron chi connectivity index (χ0n) is 10.6. The SMILES string of the molecule is [N-]=[N+]=CC(=O)C(=Cc1ccccc1)Oc1ccccc1. The third-order valence-corrected chi connectivity index (χ3v) is 2.49. The van der Waals surface area contributed by atoms with Gasteiger partial charge in [-0.3, -0.25) is 4.79 Å². The summed E-state index contributed by atoms with van der Waals surface area (Å²) in [6.45, 7) is 0. The molecule has 4 nitrogen and oxygen atoms in total. The number of nitrogens with zero attached hydrogens (tertiary/aromatic N) is 2. The molecule has 0 aromatic heterocycles. The molecule has 0 aliphatic carbocycles. The molecule has 0 radical (unpaired) electrons. The number of hydrogen-bond acceptors (Lipinski definition) is 2. The summed E-state index contributed by atoms with van der Waals surface area (Å²) < 4.78 is 5.54. The average Bonchev–Trinajstić information content (AvgIpc) is 2.49. The van der Waals surface area contributed by atoms with E-state index in [0.29, 0.717) is 5.75 Å². The third-order valence-electron chi connectivity index (χ3n) is 2.49. The van der Waals surface area contributed by atoms with Crippen LogP contribution >= 0.6 is 0 Å². The van der Waals surface area contributed by atoms with Crippen LogP contribution in [-0.4, -0.2) is 16.8 Å². The quantitative estimate of drug-likeness (QED) is 0.274. The van der Waals surface area contributed by atoms with Crippen molar-refractivity contribution in [1.82, 2.24) is 0 Å². The van der Waals surface area contributed by atoms with Gasteiger partial charge in [-0.05, 0) is 23.8 Å². The standard InChI is InChI=1S/C16H12N2O2/c17-18-12-15(19)16(11-13-7-3-1-4-8-13)20-14-9-5-2-6-10-14/h1-12H. The highest BCUT2D eigenvalue weighted by Gasteiger charge is 2.14. The van der Waals surface area contributed by atoms with Crippen LogP contribution in [0.15, 0.2) is 66.4 Å². The lowest BCUT2D eigenvalue weighted by molar-refractivity contribution is -0.114. The van der Waals surface area contributed by atoms with Crippen molar-refractivity contribution < 1.29 is 14.3 Å². The van der Waals surface area contributed by atoms with Crippen molar-refractivity contribution in [2.45, 2.75) is 0 Å². The first-order chi connectivity index (χ1) is 9.79. The molecule has 0 bridgehead atoms. The van der Waals surface area contributed by atoms with Gasteiger partial charge < -0.3 is 10.3 Å². The number of benzene rings is 2. The lowest BCUT2D eigenvalue weighted by Crippen LogP contribution is -2.10. The van der Waals surface area contributed by atoms with Crippen LogP contribution in [0, 0.1) is 0 Å². The average molecular weight is 264 g/mol. The van der Waals surface area contributed by atoms with Crippen LogP contribution in [0.4, 0.5) is 0 Å². The Morgan fingerprint density at radius 2 is 1.60 bits per heavy atom. The van der Waals surface area contributed by atoms with E-state index in [9.17, 15) is 4.79 Å². The Balaban J connectivity index is 2.32. The van der Waals surface area contributed by atoms with Gasteiger partial charge in [0.15, 0.2) is 5.76 Å². The number of ketones is 1. The van der Waals surface area contributed by atoms with E-state index in [1.807, 2.05) is 36.4 Å². The molecule has 4 heteroatoms. The minimum absolute atomic E-state index is 0.0835. The van der Waals surface area contributed by atoms with Crippen LogP contribution in [0.2, 0.25) is 0 Å². The van der Waals surface area contributed by atoms with Crippen LogP contribution in [0.3, 0.4) is 0 Å². The van der Waals surface area contributed by atoms with Crippen LogP contribution in [0.5, 0.6) is 5.75 Å². The molecule has 0 amide bonds. The van der Waals surface area contributed by atoms with Gasteiger partial charge in [-0.15, -0.1) is 0 Å². The molecule has 0 aliphatic rings. The van der Waals surface area contributed by atoms with Crippen LogP contribution in [-0.2, 0) is 4.79 Å². The minimum Gasteiger partial charge on any atom is -0.453 e. The van der Waals surface area contributed by atoms with Gasteiger partial charge in [-0.25, -0.2) is 0 Å². The Hall–Kier alpha value is -2.97. The molecule has 0 atom stereocenters. The van der Waals surface area contributed by atoms with Crippen molar-refractivity contribution in [3.05, 3.63) is 77.5 Å². The van der Waals surface area contributed by atoms with Gasteiger partial charge in [-0.2, -0.15) is 4.79 Å². The van der Waals surface area contributed by atoms with E-state index in [4.69, 9.17) is 10.3 Å². The summed E-state index contributed by atoms with van der Waals surface area (Å²) in [7, 11) is 0. The molecule has 0 aliphatic heterocycles. The molecule has 2 rings (SSSR count). The fourth-order valence-corrected chi connectivity index (χ4v) is 1.58. The van der Waals surface area contributed by atoms with Gasteiger partial charge in [0.25, 0.3) is 0 Å². The molecule has 0 unspecified atom stereocenters. The van der Waals surface area contributed by atoms with Gasteiger partial charge in [0.2, 0.25) is 0 Å². The summed E-state index contributed by atoms with van der Waals surface area (Å²) in [6, 6.07) is 18.2. The number of rotatable bonds is 5. The second kappa shape index (κ2) is 6.83. The number of allylic oxidation sites excluding steroid dienone is 1. The van der Waals surface area contributed by atoms with E-state index >= 15 is 0 Å². The van der Waals surface area contributed by atoms with E-state index in [2.05, 4.69) is 4.79 Å². The maximum atomic E-state index is 11.8. The molecule has 2 aromatic carbocycles. The summed E-state index contributed by atoms with van der Waals surface area (Å²) in [5.41, 5.74) is 9.30. The Kier molecular flexibility index (Phi) is 4.60. The normalized spacial score (nSPS) is 10.5. The maximum absolute atomic E-state index is 11.8. The van der Waals surface area contributed by atoms with Crippen molar-refractivity contribution >= 4 is 18.1 Å². The third kappa shape index (κ3) is 3.77. The van der Waals surface area contributed by atoms with Crippen molar-refractivity contribution in [2.24, 2.45) is 0 Å². The molecule has 0 saturated heterocycles. The Bertz CT molecular complexity index is 657. The first kappa shape index (κ1) is 13.5. The first-order valence-electron chi connectivity index (χ1n) is 6.01. The van der Waals surface area contributed by atoms with Crippen molar-refractivity contribution in [2.75, 3.05) is 0 Å². The van der Waals surface area contributed by atoms with Crippen molar-refractivity contribution in [3.8, 4) is 5.75 Å². The molecule has 0 spiro atoms. The van der Waals surface area contributed by atoms with E-state index in [-0.39, 0.29) is 5.76 Å². The zero-order valence-corrected chi connectivity index (χ0v) is 10.6. The second-order valence-corrected chi connectivity index (χ2v) is 3.94. The Morgan fingerprint density at radius 3 is 2.20 bits per heavy atom. The van der Waals surface area contributed by atoms with Gasteiger partial charge >= 0.3 is 12.0 Å². The van der Waals surface area contributed by atoms with Gasteiger partial charge in [0.05, 0.1) is 0 Å². The highest BCUT2D eigenvalue weighted by Crippen LogP contribution is 2.15. The van der Waals surface area contributed by atoms with E-state index in [1.54, 1.807) is 30.3 Å². The Morgan fingerprint density at radius 1 is 1.00 bits per heavy atom. The van der Waals surface area contributed by atoms with Crippen LogP contribution in [0.1, 0.15) is 5.56 Å². The molecule has 98 valence electrons. The van der Waals surface area contributed by atoms with Gasteiger partial charge in [0, 0.05) is 0 Å². The Labute approximate surface area is 116 Å². The molecule has 2 aromatic rings. The van der Waals surface area contributed by atoms with Crippen molar-refractivity contribution in [3.63, 3.8) is 0 Å². The van der Waals surface area contributed by atoms with E-state index in [0.717, 1.165) is 11.8 Å². The largest absolute Gasteiger partial charge is 0.453 e. The predicted octanol–water partition coefficient (Wildman–Crippen LogP) is 2.98. The summed E-state index contributed by atoms with van der Waals surface area (Å²) in [5, 5.41) is 0. The molecule has 0 heterocycles. The number of Topliss-reactive ketones (excluding diaryl/α,β-unsaturated/α-hetero) is 1. The summed E-state index contributed by atoms with van der Waals surface area (Å²) in [4.78, 5) is 14.6. The van der Waals surface area contributed by atoms with E-state index in [1.165, 1.54) is 0 Å². The van der Waals surface area contributed by atoms with E-state index < -0.39 is 5.78 Å². The monoisotopic (exact) mass is 264 g/mol. The first-order valence-corrected chi connectivity index (χ1v) is 6.01. The summed E-state index contributed by atoms with van der Waals surface area (Å²) in [5.74, 6) is 0.106. The highest BCUT2D eigenvalue weighted by atomic mass is 16.5. The highest BCUT2D eigenvalue weighted by molar-refractivity contribution is 6.33. The number of carbonyl (C=O) groups is 1. The molecular formula is C16H12N2O2. The smallest absolute Gasteiger partial charge is 0.331 e. The topological polar surface area (TPSA) is 62.7 Å². The number of ether oxygens (including phenoxy) is 1. The number of hydrogen-bond donors (Lipinski definition) is 0. The van der Waals surface area contributed by atoms with Crippen LogP contribution < -0.4 is 4.74 Å². The molecule has 0 fully saturated rings. The molecule has 0 N–H and O–H groups in total. The fraction of sp³-hybridized carbons (Fsp3) is 0. The lowest BCUT2D eigenvalue weighted by Gasteiger charge is -2.06. The fourth-order valence-electron chi connectivity index (χ4n) is 1.58. The van der Waals surface area contributed by atoms with Gasteiger partial charge in [-0.1, -0.05) is 48.5 Å². The summed E-state index contributed by atoms with van der Waals surface area (Å²) >= 11 is 0. The van der Waals surface area contributed by atoms with Crippen LogP contribution in [0.25, 0.3) is 11.6 Å². The predicted molar refractivity (Wildman–Crippen MR) is 76.2 cm³/mol. The second-order valence-electron chi connectivity index (χ2n) is 3.94. The van der Waals surface area contributed by atoms with Gasteiger partial charge in [0.1, 0.15) is 5.75 Å². The lowest BCUT2D eigenvalue weighted by atomic mass is 10.2. The maximum Gasteiger partial charge on any atom is 0.331 e. The zero-order chi connectivity index (χ0) is 14.2.